The van der Waals surface area contributed by atoms with Gasteiger partial charge in [-0.05, 0) is 23.3 Å². The quantitative estimate of drug-likeness (QED) is 0.739. The first kappa shape index (κ1) is 18.2. The number of aromatic carboxylic acids is 1. The van der Waals surface area contributed by atoms with Gasteiger partial charge in [0.1, 0.15) is 5.82 Å². The number of aromatic nitrogens is 1. The summed E-state index contributed by atoms with van der Waals surface area (Å²) in [6, 6.07) is 24.9. The third-order valence-electron chi connectivity index (χ3n) is 5.23. The van der Waals surface area contributed by atoms with E-state index >= 15 is 0 Å². The van der Waals surface area contributed by atoms with E-state index in [9.17, 15) is 4.79 Å². The highest BCUT2D eigenvalue weighted by Gasteiger charge is 2.26. The molecule has 142 valence electrons. The number of anilines is 1. The van der Waals surface area contributed by atoms with E-state index in [1.807, 2.05) is 0 Å². The minimum absolute atomic E-state index is 0.218. The first-order chi connectivity index (χ1) is 13.7. The van der Waals surface area contributed by atoms with Crippen LogP contribution in [0.25, 0.3) is 0 Å². The third-order valence-corrected chi connectivity index (χ3v) is 5.23. The summed E-state index contributed by atoms with van der Waals surface area (Å²) in [7, 11) is 0. The van der Waals surface area contributed by atoms with E-state index in [-0.39, 0.29) is 11.6 Å². The van der Waals surface area contributed by atoms with Gasteiger partial charge in [0.2, 0.25) is 0 Å². The molecule has 0 amide bonds. The number of pyridine rings is 1. The van der Waals surface area contributed by atoms with Crippen molar-refractivity contribution in [3.63, 3.8) is 0 Å². The molecule has 2 aromatic carbocycles. The van der Waals surface area contributed by atoms with Gasteiger partial charge in [-0.3, -0.25) is 4.90 Å². The van der Waals surface area contributed by atoms with Crippen LogP contribution >= 0.6 is 0 Å². The Hall–Kier alpha value is -3.18. The van der Waals surface area contributed by atoms with Gasteiger partial charge in [-0.1, -0.05) is 60.7 Å². The highest BCUT2D eigenvalue weighted by molar-refractivity contribution is 5.87. The van der Waals surface area contributed by atoms with Gasteiger partial charge in [-0.25, -0.2) is 9.78 Å². The lowest BCUT2D eigenvalue weighted by Gasteiger charge is -2.40. The summed E-state index contributed by atoms with van der Waals surface area (Å²) >= 11 is 0. The Bertz CT molecular complexity index is 866. The zero-order valence-electron chi connectivity index (χ0n) is 15.6. The van der Waals surface area contributed by atoms with Crippen LogP contribution < -0.4 is 4.90 Å². The molecule has 28 heavy (non-hydrogen) atoms. The van der Waals surface area contributed by atoms with Crippen LogP contribution in [-0.4, -0.2) is 47.1 Å². The van der Waals surface area contributed by atoms with Crippen molar-refractivity contribution < 1.29 is 9.90 Å². The van der Waals surface area contributed by atoms with Gasteiger partial charge in [0.15, 0.2) is 0 Å². The first-order valence-electron chi connectivity index (χ1n) is 9.50. The van der Waals surface area contributed by atoms with Gasteiger partial charge in [-0.15, -0.1) is 0 Å². The molecule has 0 saturated carbocycles. The molecule has 2 heterocycles. The maximum atomic E-state index is 11.0. The lowest BCUT2D eigenvalue weighted by atomic mass is 9.96. The molecular weight excluding hydrogens is 350 g/mol. The second-order valence-corrected chi connectivity index (χ2v) is 6.96. The number of carboxylic acid groups (broad SMARTS) is 1. The Labute approximate surface area is 164 Å². The zero-order valence-corrected chi connectivity index (χ0v) is 15.6. The average Bonchev–Trinajstić information content (AvgIpc) is 2.76. The van der Waals surface area contributed by atoms with Crippen molar-refractivity contribution in [3.8, 4) is 0 Å². The van der Waals surface area contributed by atoms with Crippen molar-refractivity contribution in [2.75, 3.05) is 31.1 Å². The van der Waals surface area contributed by atoms with Gasteiger partial charge in [0.05, 0.1) is 11.6 Å². The van der Waals surface area contributed by atoms with E-state index in [1.165, 1.54) is 17.3 Å². The van der Waals surface area contributed by atoms with E-state index in [0.717, 1.165) is 32.0 Å². The summed E-state index contributed by atoms with van der Waals surface area (Å²) in [5, 5.41) is 9.04. The molecule has 1 saturated heterocycles. The Morgan fingerprint density at radius 2 is 1.39 bits per heavy atom. The second kappa shape index (κ2) is 8.23. The molecule has 1 aliphatic rings. The summed E-state index contributed by atoms with van der Waals surface area (Å²) < 4.78 is 0. The molecule has 5 heteroatoms. The van der Waals surface area contributed by atoms with E-state index in [1.54, 1.807) is 12.1 Å². The lowest BCUT2D eigenvalue weighted by Crippen LogP contribution is -2.48. The number of benzene rings is 2. The number of rotatable bonds is 5. The van der Waals surface area contributed by atoms with E-state index in [2.05, 4.69) is 75.4 Å². The van der Waals surface area contributed by atoms with Gasteiger partial charge in [0.25, 0.3) is 0 Å². The van der Waals surface area contributed by atoms with Crippen LogP contribution in [0.2, 0.25) is 0 Å². The zero-order chi connectivity index (χ0) is 19.3. The summed E-state index contributed by atoms with van der Waals surface area (Å²) in [5.41, 5.74) is 2.81. The number of hydrogen-bond donors (Lipinski definition) is 1. The minimum Gasteiger partial charge on any atom is -0.478 e. The molecule has 1 aliphatic heterocycles. The van der Waals surface area contributed by atoms with E-state index in [0.29, 0.717) is 0 Å². The van der Waals surface area contributed by atoms with Crippen molar-refractivity contribution in [1.29, 1.82) is 0 Å². The molecule has 4 rings (SSSR count). The fourth-order valence-electron chi connectivity index (χ4n) is 3.79. The number of carboxylic acids is 1. The van der Waals surface area contributed by atoms with Crippen molar-refractivity contribution in [3.05, 3.63) is 95.7 Å². The Balaban J connectivity index is 1.51. The molecule has 0 bridgehead atoms. The maximum absolute atomic E-state index is 11.0. The molecular formula is C23H23N3O2. The predicted octanol–water partition coefficient (Wildman–Crippen LogP) is 3.69. The Kier molecular flexibility index (Phi) is 5.35. The number of carbonyl (C=O) groups is 1. The normalized spacial score (nSPS) is 15.0. The monoisotopic (exact) mass is 373 g/mol. The van der Waals surface area contributed by atoms with Gasteiger partial charge in [0, 0.05) is 32.4 Å². The van der Waals surface area contributed by atoms with Crippen LogP contribution in [0.4, 0.5) is 5.82 Å². The SMILES string of the molecule is O=C(O)c1ccc(N2CCN(C(c3ccccc3)c3ccccc3)CC2)nc1. The largest absolute Gasteiger partial charge is 0.478 e. The molecule has 3 aromatic rings. The molecule has 0 atom stereocenters. The van der Waals surface area contributed by atoms with Crippen LogP contribution in [-0.2, 0) is 0 Å². The summed E-state index contributed by atoms with van der Waals surface area (Å²) in [6.45, 7) is 3.54. The molecule has 1 fully saturated rings. The van der Waals surface area contributed by atoms with Crippen LogP contribution in [0.5, 0.6) is 0 Å². The summed E-state index contributed by atoms with van der Waals surface area (Å²) in [6.07, 6.45) is 1.43. The van der Waals surface area contributed by atoms with Crippen LogP contribution in [0.1, 0.15) is 27.5 Å². The fourth-order valence-corrected chi connectivity index (χ4v) is 3.79. The number of nitrogens with zero attached hydrogens (tertiary/aromatic N) is 3. The molecule has 1 aromatic heterocycles. The standard InChI is InChI=1S/C23H23N3O2/c27-23(28)20-11-12-21(24-17-20)25-13-15-26(16-14-25)22(18-7-3-1-4-8-18)19-9-5-2-6-10-19/h1-12,17,22H,13-16H2,(H,27,28). The van der Waals surface area contributed by atoms with Crippen molar-refractivity contribution in [1.82, 2.24) is 9.88 Å². The van der Waals surface area contributed by atoms with Crippen LogP contribution in [0, 0.1) is 0 Å². The molecule has 0 radical (unpaired) electrons. The molecule has 0 aliphatic carbocycles. The Morgan fingerprint density at radius 3 is 1.86 bits per heavy atom. The smallest absolute Gasteiger partial charge is 0.337 e. The summed E-state index contributed by atoms with van der Waals surface area (Å²) in [4.78, 5) is 20.1. The van der Waals surface area contributed by atoms with Crippen LogP contribution in [0.15, 0.2) is 79.0 Å². The van der Waals surface area contributed by atoms with Crippen molar-refractivity contribution >= 4 is 11.8 Å². The topological polar surface area (TPSA) is 56.7 Å². The highest BCUT2D eigenvalue weighted by Crippen LogP contribution is 2.30. The van der Waals surface area contributed by atoms with Gasteiger partial charge < -0.3 is 10.0 Å². The predicted molar refractivity (Wildman–Crippen MR) is 110 cm³/mol. The average molecular weight is 373 g/mol. The molecule has 1 N–H and O–H groups in total. The van der Waals surface area contributed by atoms with Crippen molar-refractivity contribution in [2.24, 2.45) is 0 Å². The maximum Gasteiger partial charge on any atom is 0.337 e. The van der Waals surface area contributed by atoms with Crippen molar-refractivity contribution in [2.45, 2.75) is 6.04 Å². The number of piperazine rings is 1. The minimum atomic E-state index is -0.947. The summed E-state index contributed by atoms with van der Waals surface area (Å²) in [5.74, 6) is -0.113. The molecule has 0 spiro atoms. The van der Waals surface area contributed by atoms with Crippen LogP contribution in [0.3, 0.4) is 0 Å². The third kappa shape index (κ3) is 3.89. The molecule has 0 unspecified atom stereocenters. The van der Waals surface area contributed by atoms with Gasteiger partial charge >= 0.3 is 5.97 Å². The lowest BCUT2D eigenvalue weighted by molar-refractivity contribution is 0.0696. The van der Waals surface area contributed by atoms with E-state index < -0.39 is 5.97 Å². The molecule has 5 nitrogen and oxygen atoms in total. The second-order valence-electron chi connectivity index (χ2n) is 6.96. The number of hydrogen-bond acceptors (Lipinski definition) is 4. The fraction of sp³-hybridized carbons (Fsp3) is 0.217. The van der Waals surface area contributed by atoms with E-state index in [4.69, 9.17) is 5.11 Å². The van der Waals surface area contributed by atoms with Gasteiger partial charge in [-0.2, -0.15) is 0 Å². The first-order valence-corrected chi connectivity index (χ1v) is 9.50. The highest BCUT2D eigenvalue weighted by atomic mass is 16.4. The Morgan fingerprint density at radius 1 is 0.821 bits per heavy atom.